The SMILES string of the molecule is Cc1ccc(CN(C(=O)Cc2c(F)cccc2Cl)C(C)C(=O)NC2CCCCC2)cc1. The van der Waals surface area contributed by atoms with Gasteiger partial charge in [-0.05, 0) is 44.4 Å². The molecule has 6 heteroatoms. The van der Waals surface area contributed by atoms with Crippen molar-refractivity contribution in [2.24, 2.45) is 0 Å². The number of nitrogens with one attached hydrogen (secondary N) is 1. The molecule has 1 fully saturated rings. The summed E-state index contributed by atoms with van der Waals surface area (Å²) in [5.74, 6) is -1.03. The molecule has 0 radical (unpaired) electrons. The Labute approximate surface area is 188 Å². The van der Waals surface area contributed by atoms with Gasteiger partial charge in [0.2, 0.25) is 11.8 Å². The second kappa shape index (κ2) is 10.8. The summed E-state index contributed by atoms with van der Waals surface area (Å²) >= 11 is 6.14. The fourth-order valence-electron chi connectivity index (χ4n) is 4.00. The molecular weight excluding hydrogens is 415 g/mol. The molecule has 2 amide bonds. The molecule has 1 aliphatic carbocycles. The lowest BCUT2D eigenvalue weighted by Crippen LogP contribution is -2.50. The van der Waals surface area contributed by atoms with Crippen LogP contribution in [0.25, 0.3) is 0 Å². The van der Waals surface area contributed by atoms with E-state index in [0.717, 1.165) is 36.8 Å². The van der Waals surface area contributed by atoms with Crippen molar-refractivity contribution < 1.29 is 14.0 Å². The third-order valence-electron chi connectivity index (χ3n) is 5.98. The van der Waals surface area contributed by atoms with Gasteiger partial charge in [0.05, 0.1) is 6.42 Å². The molecule has 1 atom stereocenters. The molecule has 31 heavy (non-hydrogen) atoms. The zero-order valence-electron chi connectivity index (χ0n) is 18.2. The van der Waals surface area contributed by atoms with E-state index in [1.807, 2.05) is 31.2 Å². The number of rotatable bonds is 7. The predicted molar refractivity (Wildman–Crippen MR) is 121 cm³/mol. The van der Waals surface area contributed by atoms with Gasteiger partial charge in [-0.2, -0.15) is 0 Å². The van der Waals surface area contributed by atoms with Gasteiger partial charge in [0.1, 0.15) is 11.9 Å². The van der Waals surface area contributed by atoms with Crippen LogP contribution in [0.2, 0.25) is 5.02 Å². The smallest absolute Gasteiger partial charge is 0.242 e. The Hall–Kier alpha value is -2.40. The number of aryl methyl sites for hydroxylation is 1. The third kappa shape index (κ3) is 6.30. The van der Waals surface area contributed by atoms with Crippen molar-refractivity contribution in [1.82, 2.24) is 10.2 Å². The molecule has 0 heterocycles. The largest absolute Gasteiger partial charge is 0.352 e. The van der Waals surface area contributed by atoms with Gasteiger partial charge in [-0.1, -0.05) is 66.8 Å². The summed E-state index contributed by atoms with van der Waals surface area (Å²) < 4.78 is 14.3. The Morgan fingerprint density at radius 2 is 1.81 bits per heavy atom. The van der Waals surface area contributed by atoms with E-state index in [1.54, 1.807) is 13.0 Å². The summed E-state index contributed by atoms with van der Waals surface area (Å²) in [6.45, 7) is 3.99. The topological polar surface area (TPSA) is 49.4 Å². The Morgan fingerprint density at radius 3 is 2.45 bits per heavy atom. The minimum Gasteiger partial charge on any atom is -0.352 e. The third-order valence-corrected chi connectivity index (χ3v) is 6.34. The van der Waals surface area contributed by atoms with E-state index in [9.17, 15) is 14.0 Å². The number of hydrogen-bond donors (Lipinski definition) is 1. The highest BCUT2D eigenvalue weighted by Gasteiger charge is 2.29. The fraction of sp³-hybridized carbons (Fsp3) is 0.440. The molecule has 1 aliphatic rings. The van der Waals surface area contributed by atoms with E-state index in [-0.39, 0.29) is 41.4 Å². The van der Waals surface area contributed by atoms with Gasteiger partial charge in [0.15, 0.2) is 0 Å². The Balaban J connectivity index is 1.79. The summed E-state index contributed by atoms with van der Waals surface area (Å²) in [5, 5.41) is 3.31. The van der Waals surface area contributed by atoms with Gasteiger partial charge in [-0.15, -0.1) is 0 Å². The molecule has 2 aromatic carbocycles. The lowest BCUT2D eigenvalue weighted by Gasteiger charge is -2.31. The van der Waals surface area contributed by atoms with Crippen LogP contribution in [0.4, 0.5) is 4.39 Å². The molecule has 0 saturated heterocycles. The molecule has 1 unspecified atom stereocenters. The van der Waals surface area contributed by atoms with E-state index < -0.39 is 11.9 Å². The molecular formula is C25H30ClFN2O2. The molecule has 0 spiro atoms. The fourth-order valence-corrected chi connectivity index (χ4v) is 4.23. The number of carbonyl (C=O) groups is 2. The maximum atomic E-state index is 14.3. The Kier molecular flexibility index (Phi) is 8.08. The van der Waals surface area contributed by atoms with Gasteiger partial charge in [-0.25, -0.2) is 4.39 Å². The molecule has 0 bridgehead atoms. The lowest BCUT2D eigenvalue weighted by atomic mass is 9.95. The van der Waals surface area contributed by atoms with E-state index in [2.05, 4.69) is 5.32 Å². The van der Waals surface area contributed by atoms with Crippen LogP contribution in [-0.4, -0.2) is 28.8 Å². The van der Waals surface area contributed by atoms with Crippen molar-refractivity contribution in [3.8, 4) is 0 Å². The first kappa shape index (κ1) is 23.3. The van der Waals surface area contributed by atoms with E-state index >= 15 is 0 Å². The molecule has 2 aromatic rings. The summed E-state index contributed by atoms with van der Waals surface area (Å²) in [6.07, 6.45) is 5.15. The van der Waals surface area contributed by atoms with Crippen LogP contribution in [0.1, 0.15) is 55.7 Å². The molecule has 166 valence electrons. The van der Waals surface area contributed by atoms with Crippen LogP contribution in [0, 0.1) is 12.7 Å². The van der Waals surface area contributed by atoms with Crippen molar-refractivity contribution >= 4 is 23.4 Å². The van der Waals surface area contributed by atoms with Crippen LogP contribution < -0.4 is 5.32 Å². The lowest BCUT2D eigenvalue weighted by molar-refractivity contribution is -0.140. The first-order chi connectivity index (χ1) is 14.8. The van der Waals surface area contributed by atoms with Crippen LogP contribution >= 0.6 is 11.6 Å². The number of nitrogens with zero attached hydrogens (tertiary/aromatic N) is 1. The molecule has 1 saturated carbocycles. The maximum Gasteiger partial charge on any atom is 0.242 e. The number of hydrogen-bond acceptors (Lipinski definition) is 2. The van der Waals surface area contributed by atoms with Gasteiger partial charge in [-0.3, -0.25) is 9.59 Å². The van der Waals surface area contributed by atoms with Crippen molar-refractivity contribution in [3.63, 3.8) is 0 Å². The molecule has 3 rings (SSSR count). The molecule has 0 aliphatic heterocycles. The summed E-state index contributed by atoms with van der Waals surface area (Å²) in [7, 11) is 0. The van der Waals surface area contributed by atoms with Gasteiger partial charge < -0.3 is 10.2 Å². The number of benzene rings is 2. The number of halogens is 2. The minimum absolute atomic E-state index is 0.154. The van der Waals surface area contributed by atoms with E-state index in [1.165, 1.54) is 23.5 Å². The Bertz CT molecular complexity index is 890. The molecule has 0 aromatic heterocycles. The number of amides is 2. The van der Waals surface area contributed by atoms with E-state index in [4.69, 9.17) is 11.6 Å². The minimum atomic E-state index is -0.679. The van der Waals surface area contributed by atoms with Gasteiger partial charge >= 0.3 is 0 Å². The average Bonchev–Trinajstić information content (AvgIpc) is 2.76. The zero-order chi connectivity index (χ0) is 22.4. The maximum absolute atomic E-state index is 14.3. The molecule has 4 nitrogen and oxygen atoms in total. The highest BCUT2D eigenvalue weighted by molar-refractivity contribution is 6.31. The van der Waals surface area contributed by atoms with Crippen molar-refractivity contribution in [2.75, 3.05) is 0 Å². The normalized spacial score (nSPS) is 15.4. The van der Waals surface area contributed by atoms with Crippen LogP contribution in [-0.2, 0) is 22.6 Å². The standard InChI is InChI=1S/C25H30ClFN2O2/c1-17-11-13-19(14-12-17)16-29(18(2)25(31)28-20-7-4-3-5-8-20)24(30)15-21-22(26)9-6-10-23(21)27/h6,9-14,18,20H,3-5,7-8,15-16H2,1-2H3,(H,28,31). The quantitative estimate of drug-likeness (QED) is 0.638. The highest BCUT2D eigenvalue weighted by Crippen LogP contribution is 2.22. The highest BCUT2D eigenvalue weighted by atomic mass is 35.5. The zero-order valence-corrected chi connectivity index (χ0v) is 18.9. The van der Waals surface area contributed by atoms with Crippen LogP contribution in [0.3, 0.4) is 0 Å². The molecule has 1 N–H and O–H groups in total. The van der Waals surface area contributed by atoms with Crippen LogP contribution in [0.5, 0.6) is 0 Å². The van der Waals surface area contributed by atoms with E-state index in [0.29, 0.717) is 0 Å². The van der Waals surface area contributed by atoms with Crippen molar-refractivity contribution in [1.29, 1.82) is 0 Å². The second-order valence-electron chi connectivity index (χ2n) is 8.40. The van der Waals surface area contributed by atoms with Crippen LogP contribution in [0.15, 0.2) is 42.5 Å². The monoisotopic (exact) mass is 444 g/mol. The predicted octanol–water partition coefficient (Wildman–Crippen LogP) is 5.20. The Morgan fingerprint density at radius 1 is 1.13 bits per heavy atom. The number of carbonyl (C=O) groups excluding carboxylic acids is 2. The first-order valence-corrected chi connectivity index (χ1v) is 11.3. The van der Waals surface area contributed by atoms with Gasteiger partial charge in [0, 0.05) is 23.2 Å². The van der Waals surface area contributed by atoms with Crippen molar-refractivity contribution in [3.05, 3.63) is 70.0 Å². The van der Waals surface area contributed by atoms with Crippen molar-refractivity contribution in [2.45, 2.75) is 71.0 Å². The summed E-state index contributed by atoms with van der Waals surface area (Å²) in [5.41, 5.74) is 2.18. The average molecular weight is 445 g/mol. The summed E-state index contributed by atoms with van der Waals surface area (Å²) in [4.78, 5) is 27.7. The summed E-state index contributed by atoms with van der Waals surface area (Å²) in [6, 6.07) is 11.7. The first-order valence-electron chi connectivity index (χ1n) is 10.9. The second-order valence-corrected chi connectivity index (χ2v) is 8.81. The van der Waals surface area contributed by atoms with Gasteiger partial charge in [0.25, 0.3) is 0 Å².